The largest absolute Gasteiger partial charge is 0.340 e. The van der Waals surface area contributed by atoms with Crippen molar-refractivity contribution < 1.29 is 9.32 Å². The molecular weight excluding hydrogens is 350 g/mol. The van der Waals surface area contributed by atoms with Crippen LogP contribution < -0.4 is 5.32 Å². The van der Waals surface area contributed by atoms with Gasteiger partial charge in [-0.25, -0.2) is 0 Å². The number of thiophene rings is 1. The van der Waals surface area contributed by atoms with Gasteiger partial charge in [-0.1, -0.05) is 11.2 Å². The minimum absolute atomic E-state index is 0.300. The summed E-state index contributed by atoms with van der Waals surface area (Å²) >= 11 is 1.61. The molecule has 0 bridgehead atoms. The maximum atomic E-state index is 12.4. The van der Waals surface area contributed by atoms with Crippen LogP contribution in [0.15, 0.2) is 22.0 Å². The van der Waals surface area contributed by atoms with Crippen molar-refractivity contribution in [3.63, 3.8) is 0 Å². The molecule has 0 aromatic carbocycles. The van der Waals surface area contributed by atoms with Crippen LogP contribution >= 0.6 is 11.3 Å². The lowest BCUT2D eigenvalue weighted by atomic mass is 10.0. The molecule has 1 N–H and O–H groups in total. The average molecular weight is 375 g/mol. The lowest BCUT2D eigenvalue weighted by Crippen LogP contribution is -2.48. The molecule has 8 heteroatoms. The second-order valence-corrected chi connectivity index (χ2v) is 7.99. The molecule has 2 aliphatic rings. The normalized spacial score (nSPS) is 21.4. The number of carbonyl (C=O) groups is 1. The molecule has 1 amide bonds. The summed E-state index contributed by atoms with van der Waals surface area (Å²) in [7, 11) is 0. The summed E-state index contributed by atoms with van der Waals surface area (Å²) in [5, 5.41) is 9.43. The summed E-state index contributed by atoms with van der Waals surface area (Å²) in [6.07, 6.45) is 2.90. The minimum atomic E-state index is 0.300. The minimum Gasteiger partial charge on any atom is -0.340 e. The lowest BCUT2D eigenvalue weighted by Gasteiger charge is -2.34. The zero-order valence-corrected chi connectivity index (χ0v) is 15.7. The third-order valence-electron chi connectivity index (χ3n) is 5.22. The van der Waals surface area contributed by atoms with Crippen molar-refractivity contribution >= 4 is 17.2 Å². The van der Waals surface area contributed by atoms with E-state index in [1.54, 1.807) is 11.3 Å². The quantitative estimate of drug-likeness (QED) is 0.830. The van der Waals surface area contributed by atoms with E-state index in [1.807, 2.05) is 22.4 Å². The highest BCUT2D eigenvalue weighted by atomic mass is 32.1. The number of amides is 1. The lowest BCUT2D eigenvalue weighted by molar-refractivity contribution is -0.133. The summed E-state index contributed by atoms with van der Waals surface area (Å²) in [6, 6.07) is 3.97. The summed E-state index contributed by atoms with van der Waals surface area (Å²) in [4.78, 5) is 22.2. The fraction of sp³-hybridized carbons (Fsp3) is 0.611. The van der Waals surface area contributed by atoms with Crippen LogP contribution in [-0.4, -0.2) is 65.1 Å². The fourth-order valence-electron chi connectivity index (χ4n) is 3.62. The Balaban J connectivity index is 1.21. The Kier molecular flexibility index (Phi) is 5.62. The molecule has 2 saturated heterocycles. The molecule has 0 saturated carbocycles. The molecule has 1 unspecified atom stereocenters. The summed E-state index contributed by atoms with van der Waals surface area (Å²) < 4.78 is 5.38. The van der Waals surface area contributed by atoms with Crippen molar-refractivity contribution in [3.8, 4) is 10.7 Å². The molecule has 0 radical (unpaired) electrons. The first kappa shape index (κ1) is 17.6. The predicted octanol–water partition coefficient (Wildman–Crippen LogP) is 1.83. The molecule has 4 rings (SSSR count). The van der Waals surface area contributed by atoms with Crippen LogP contribution in [0.25, 0.3) is 10.7 Å². The average Bonchev–Trinajstić information content (AvgIpc) is 3.41. The molecular formula is C18H25N5O2S. The SMILES string of the molecule is O=C(CCC1CCNC1)N1CCN(Cc2nc(-c3cccs3)no2)CC1. The number of hydrogen-bond acceptors (Lipinski definition) is 7. The number of hydrogen-bond donors (Lipinski definition) is 1. The van der Waals surface area contributed by atoms with Crippen molar-refractivity contribution in [1.82, 2.24) is 25.3 Å². The maximum absolute atomic E-state index is 12.4. The van der Waals surface area contributed by atoms with Crippen molar-refractivity contribution in [3.05, 3.63) is 23.4 Å². The van der Waals surface area contributed by atoms with Crippen LogP contribution in [0.2, 0.25) is 0 Å². The van der Waals surface area contributed by atoms with Gasteiger partial charge in [-0.05, 0) is 43.3 Å². The van der Waals surface area contributed by atoms with Crippen LogP contribution in [0.1, 0.15) is 25.2 Å². The summed E-state index contributed by atoms with van der Waals surface area (Å²) in [5.41, 5.74) is 0. The molecule has 2 aromatic rings. The number of rotatable bonds is 6. The van der Waals surface area contributed by atoms with Crippen LogP contribution in [0.4, 0.5) is 0 Å². The number of aromatic nitrogens is 2. The van der Waals surface area contributed by atoms with E-state index >= 15 is 0 Å². The molecule has 4 heterocycles. The first-order valence-corrected chi connectivity index (χ1v) is 10.2. The van der Waals surface area contributed by atoms with Gasteiger partial charge < -0.3 is 14.7 Å². The molecule has 2 aromatic heterocycles. The van der Waals surface area contributed by atoms with E-state index in [0.29, 0.717) is 36.5 Å². The van der Waals surface area contributed by atoms with E-state index in [9.17, 15) is 4.79 Å². The summed E-state index contributed by atoms with van der Waals surface area (Å²) in [5.74, 6) is 2.27. The van der Waals surface area contributed by atoms with Gasteiger partial charge >= 0.3 is 0 Å². The van der Waals surface area contributed by atoms with Crippen LogP contribution in [0.3, 0.4) is 0 Å². The monoisotopic (exact) mass is 375 g/mol. The molecule has 7 nitrogen and oxygen atoms in total. The molecule has 1 atom stereocenters. The second kappa shape index (κ2) is 8.28. The van der Waals surface area contributed by atoms with Gasteiger partial charge in [0, 0.05) is 32.6 Å². The van der Waals surface area contributed by atoms with E-state index < -0.39 is 0 Å². The smallest absolute Gasteiger partial charge is 0.241 e. The Hall–Kier alpha value is -1.77. The number of nitrogens with one attached hydrogen (secondary N) is 1. The Labute approximate surface area is 157 Å². The van der Waals surface area contributed by atoms with E-state index in [0.717, 1.165) is 50.6 Å². The third-order valence-corrected chi connectivity index (χ3v) is 6.09. The van der Waals surface area contributed by atoms with Crippen molar-refractivity contribution in [1.29, 1.82) is 0 Å². The van der Waals surface area contributed by atoms with Crippen molar-refractivity contribution in [2.24, 2.45) is 5.92 Å². The van der Waals surface area contributed by atoms with Crippen LogP contribution in [0, 0.1) is 5.92 Å². The zero-order chi connectivity index (χ0) is 17.8. The van der Waals surface area contributed by atoms with Gasteiger partial charge in [0.1, 0.15) is 0 Å². The summed E-state index contributed by atoms with van der Waals surface area (Å²) in [6.45, 7) is 6.09. The number of nitrogens with zero attached hydrogens (tertiary/aromatic N) is 4. The van der Waals surface area contributed by atoms with Gasteiger partial charge in [0.15, 0.2) is 0 Å². The Morgan fingerprint density at radius 1 is 1.35 bits per heavy atom. The van der Waals surface area contributed by atoms with Crippen LogP contribution in [0.5, 0.6) is 0 Å². The molecule has 2 aliphatic heterocycles. The molecule has 2 fully saturated rings. The number of carbonyl (C=O) groups excluding carboxylic acids is 1. The van der Waals surface area contributed by atoms with Crippen molar-refractivity contribution in [2.75, 3.05) is 39.3 Å². The molecule has 140 valence electrons. The van der Waals surface area contributed by atoms with Gasteiger partial charge in [0.25, 0.3) is 0 Å². The number of piperazine rings is 1. The maximum Gasteiger partial charge on any atom is 0.241 e. The molecule has 0 aliphatic carbocycles. The van der Waals surface area contributed by atoms with Gasteiger partial charge in [0.2, 0.25) is 17.6 Å². The second-order valence-electron chi connectivity index (χ2n) is 7.04. The van der Waals surface area contributed by atoms with Crippen molar-refractivity contribution in [2.45, 2.75) is 25.8 Å². The van der Waals surface area contributed by atoms with Gasteiger partial charge in [0.05, 0.1) is 11.4 Å². The van der Waals surface area contributed by atoms with E-state index in [-0.39, 0.29) is 0 Å². The Morgan fingerprint density at radius 3 is 2.96 bits per heavy atom. The third kappa shape index (κ3) is 4.31. The highest BCUT2D eigenvalue weighted by Crippen LogP contribution is 2.22. The molecule has 0 spiro atoms. The van der Waals surface area contributed by atoms with Gasteiger partial charge in [-0.3, -0.25) is 9.69 Å². The van der Waals surface area contributed by atoms with E-state index in [2.05, 4.69) is 20.4 Å². The standard InChI is InChI=1S/C18H25N5O2S/c24-17(4-3-14-5-6-19-12-14)23-9-7-22(8-10-23)13-16-20-18(21-25-16)15-2-1-11-26-15/h1-2,11,14,19H,3-10,12-13H2. The van der Waals surface area contributed by atoms with E-state index in [4.69, 9.17) is 4.52 Å². The van der Waals surface area contributed by atoms with Gasteiger partial charge in [-0.15, -0.1) is 11.3 Å². The first-order valence-electron chi connectivity index (χ1n) is 9.35. The van der Waals surface area contributed by atoms with E-state index in [1.165, 1.54) is 6.42 Å². The Bertz CT molecular complexity index is 703. The highest BCUT2D eigenvalue weighted by molar-refractivity contribution is 7.13. The highest BCUT2D eigenvalue weighted by Gasteiger charge is 2.24. The zero-order valence-electron chi connectivity index (χ0n) is 14.9. The molecule has 26 heavy (non-hydrogen) atoms. The first-order chi connectivity index (χ1) is 12.8. The predicted molar refractivity (Wildman–Crippen MR) is 99.7 cm³/mol. The fourth-order valence-corrected chi connectivity index (χ4v) is 4.27. The van der Waals surface area contributed by atoms with Gasteiger partial charge in [-0.2, -0.15) is 4.98 Å². The van der Waals surface area contributed by atoms with Crippen LogP contribution in [-0.2, 0) is 11.3 Å². The topological polar surface area (TPSA) is 74.5 Å². The Morgan fingerprint density at radius 2 is 2.23 bits per heavy atom.